The lowest BCUT2D eigenvalue weighted by Crippen LogP contribution is -2.03. The van der Waals surface area contributed by atoms with Crippen molar-refractivity contribution in [1.82, 2.24) is 0 Å². The molecule has 0 heterocycles. The number of nitriles is 1. The van der Waals surface area contributed by atoms with Crippen LogP contribution in [0.3, 0.4) is 0 Å². The summed E-state index contributed by atoms with van der Waals surface area (Å²) in [6.07, 6.45) is 4.84. The molecule has 0 bridgehead atoms. The fourth-order valence-corrected chi connectivity index (χ4v) is 2.19. The van der Waals surface area contributed by atoms with E-state index in [2.05, 4.69) is 6.07 Å². The summed E-state index contributed by atoms with van der Waals surface area (Å²) in [6.45, 7) is 4.02. The molecule has 0 amide bonds. The summed E-state index contributed by atoms with van der Waals surface area (Å²) in [6, 6.07) is 5.49. The van der Waals surface area contributed by atoms with Crippen LogP contribution in [-0.4, -0.2) is 17.5 Å². The van der Waals surface area contributed by atoms with Crippen LogP contribution in [0.2, 0.25) is 0 Å². The minimum atomic E-state index is -0.145. The van der Waals surface area contributed by atoms with Crippen molar-refractivity contribution >= 4 is 5.78 Å². The van der Waals surface area contributed by atoms with Gasteiger partial charge in [-0.2, -0.15) is 5.26 Å². The van der Waals surface area contributed by atoms with Crippen molar-refractivity contribution in [2.75, 3.05) is 6.61 Å². The Hall–Kier alpha value is -2.02. The fraction of sp³-hybridized carbons (Fsp3) is 0.529. The summed E-state index contributed by atoms with van der Waals surface area (Å²) in [5, 5.41) is 18.7. The highest BCUT2D eigenvalue weighted by Gasteiger charge is 2.15. The number of nitrogens with zero attached hydrogens (tertiary/aromatic N) is 1. The van der Waals surface area contributed by atoms with E-state index in [-0.39, 0.29) is 11.5 Å². The fourth-order valence-electron chi connectivity index (χ4n) is 2.19. The molecule has 0 atom stereocenters. The molecular formula is C17H23NO3. The maximum absolute atomic E-state index is 11.5. The van der Waals surface area contributed by atoms with E-state index in [0.717, 1.165) is 25.7 Å². The molecule has 0 unspecified atom stereocenters. The highest BCUT2D eigenvalue weighted by Crippen LogP contribution is 2.33. The van der Waals surface area contributed by atoms with Crippen LogP contribution in [0.4, 0.5) is 0 Å². The Morgan fingerprint density at radius 1 is 1.33 bits per heavy atom. The number of phenolic OH excluding ortho intramolecular Hbond substituents is 1. The highest BCUT2D eigenvalue weighted by molar-refractivity contribution is 5.97. The highest BCUT2D eigenvalue weighted by atomic mass is 16.5. The number of rotatable bonds is 9. The van der Waals surface area contributed by atoms with Crippen molar-refractivity contribution < 1.29 is 14.6 Å². The lowest BCUT2D eigenvalue weighted by atomic mass is 10.0. The van der Waals surface area contributed by atoms with Crippen molar-refractivity contribution in [2.24, 2.45) is 0 Å². The van der Waals surface area contributed by atoms with Crippen molar-refractivity contribution in [3.8, 4) is 17.6 Å². The summed E-state index contributed by atoms with van der Waals surface area (Å²) in [7, 11) is 0. The average molecular weight is 289 g/mol. The molecule has 21 heavy (non-hydrogen) atoms. The van der Waals surface area contributed by atoms with Crippen LogP contribution in [0.25, 0.3) is 0 Å². The second-order valence-corrected chi connectivity index (χ2v) is 5.06. The van der Waals surface area contributed by atoms with Gasteiger partial charge in [0.05, 0.1) is 18.2 Å². The standard InChI is InChI=1S/C17H23NO3/c1-3-8-15-16(21-12-7-5-4-6-11-18)10-9-14(13(2)19)17(15)20/h9-10,20H,3-8,12H2,1-2H3. The van der Waals surface area contributed by atoms with Gasteiger partial charge in [-0.05, 0) is 44.7 Å². The third-order valence-electron chi connectivity index (χ3n) is 3.31. The molecule has 0 saturated carbocycles. The van der Waals surface area contributed by atoms with E-state index in [0.29, 0.717) is 36.3 Å². The number of ether oxygens (including phenoxy) is 1. The number of carbonyl (C=O) groups excluding carboxylic acids is 1. The number of phenols is 1. The number of ketones is 1. The molecule has 0 aliphatic rings. The number of hydrogen-bond donors (Lipinski definition) is 1. The van der Waals surface area contributed by atoms with Crippen molar-refractivity contribution in [3.63, 3.8) is 0 Å². The normalized spacial score (nSPS) is 10.1. The molecule has 0 spiro atoms. The third-order valence-corrected chi connectivity index (χ3v) is 3.31. The predicted octanol–water partition coefficient (Wildman–Crippen LogP) is 4.01. The number of hydrogen-bond acceptors (Lipinski definition) is 4. The van der Waals surface area contributed by atoms with E-state index in [1.165, 1.54) is 6.92 Å². The van der Waals surface area contributed by atoms with Gasteiger partial charge in [0.25, 0.3) is 0 Å². The first kappa shape index (κ1) is 17.0. The van der Waals surface area contributed by atoms with Gasteiger partial charge in [0.1, 0.15) is 11.5 Å². The smallest absolute Gasteiger partial charge is 0.163 e. The van der Waals surface area contributed by atoms with Crippen molar-refractivity contribution in [2.45, 2.75) is 52.4 Å². The lowest BCUT2D eigenvalue weighted by Gasteiger charge is -2.14. The molecule has 1 aromatic carbocycles. The van der Waals surface area contributed by atoms with Crippen LogP contribution < -0.4 is 4.74 Å². The zero-order valence-corrected chi connectivity index (χ0v) is 12.8. The Kier molecular flexibility index (Phi) is 7.31. The minimum Gasteiger partial charge on any atom is -0.507 e. The van der Waals surface area contributed by atoms with Gasteiger partial charge in [-0.3, -0.25) is 4.79 Å². The Labute approximate surface area is 126 Å². The summed E-state index contributed by atoms with van der Waals surface area (Å²) in [5.74, 6) is 0.555. The van der Waals surface area contributed by atoms with Crippen LogP contribution >= 0.6 is 0 Å². The maximum Gasteiger partial charge on any atom is 0.163 e. The molecule has 0 radical (unpaired) electrons. The Balaban J connectivity index is 2.71. The molecule has 4 heteroatoms. The molecule has 1 aromatic rings. The first-order valence-corrected chi connectivity index (χ1v) is 7.47. The molecule has 1 rings (SSSR count). The predicted molar refractivity (Wildman–Crippen MR) is 81.7 cm³/mol. The van der Waals surface area contributed by atoms with Crippen LogP contribution in [0.1, 0.15) is 61.9 Å². The summed E-state index contributed by atoms with van der Waals surface area (Å²) < 4.78 is 5.73. The molecule has 114 valence electrons. The zero-order valence-electron chi connectivity index (χ0n) is 12.8. The van der Waals surface area contributed by atoms with E-state index in [4.69, 9.17) is 10.00 Å². The monoisotopic (exact) mass is 289 g/mol. The van der Waals surface area contributed by atoms with E-state index in [1.54, 1.807) is 12.1 Å². The number of unbranched alkanes of at least 4 members (excludes halogenated alkanes) is 3. The van der Waals surface area contributed by atoms with Gasteiger partial charge >= 0.3 is 0 Å². The number of aromatic hydroxyl groups is 1. The van der Waals surface area contributed by atoms with E-state index < -0.39 is 0 Å². The average Bonchev–Trinajstić information content (AvgIpc) is 2.45. The largest absolute Gasteiger partial charge is 0.507 e. The van der Waals surface area contributed by atoms with Crippen LogP contribution in [-0.2, 0) is 6.42 Å². The molecular weight excluding hydrogens is 266 g/mol. The number of benzene rings is 1. The van der Waals surface area contributed by atoms with E-state index in [9.17, 15) is 9.90 Å². The quantitative estimate of drug-likeness (QED) is 0.551. The van der Waals surface area contributed by atoms with Gasteiger partial charge in [0.2, 0.25) is 0 Å². The number of Topliss-reactive ketones (excluding diaryl/α,β-unsaturated/α-hetero) is 1. The van der Waals surface area contributed by atoms with Gasteiger partial charge in [0.15, 0.2) is 5.78 Å². The molecule has 0 aromatic heterocycles. The Morgan fingerprint density at radius 3 is 2.71 bits per heavy atom. The van der Waals surface area contributed by atoms with Crippen LogP contribution in [0.15, 0.2) is 12.1 Å². The SMILES string of the molecule is CCCc1c(OCCCCCC#N)ccc(C(C)=O)c1O. The van der Waals surface area contributed by atoms with Crippen LogP contribution in [0, 0.1) is 11.3 Å². The molecule has 0 saturated heterocycles. The van der Waals surface area contributed by atoms with Crippen molar-refractivity contribution in [3.05, 3.63) is 23.3 Å². The molecule has 0 aliphatic heterocycles. The second-order valence-electron chi connectivity index (χ2n) is 5.06. The molecule has 4 nitrogen and oxygen atoms in total. The summed E-state index contributed by atoms with van der Waals surface area (Å²) in [4.78, 5) is 11.5. The summed E-state index contributed by atoms with van der Waals surface area (Å²) in [5.41, 5.74) is 1.06. The molecule has 1 N–H and O–H groups in total. The van der Waals surface area contributed by atoms with Gasteiger partial charge < -0.3 is 9.84 Å². The van der Waals surface area contributed by atoms with E-state index >= 15 is 0 Å². The second kappa shape index (κ2) is 9.02. The Bertz CT molecular complexity index is 518. The van der Waals surface area contributed by atoms with Gasteiger partial charge in [-0.15, -0.1) is 0 Å². The first-order valence-electron chi connectivity index (χ1n) is 7.47. The lowest BCUT2D eigenvalue weighted by molar-refractivity contribution is 0.101. The topological polar surface area (TPSA) is 70.3 Å². The molecule has 0 aliphatic carbocycles. The van der Waals surface area contributed by atoms with Crippen LogP contribution in [0.5, 0.6) is 11.5 Å². The van der Waals surface area contributed by atoms with Crippen molar-refractivity contribution in [1.29, 1.82) is 5.26 Å². The zero-order chi connectivity index (χ0) is 15.7. The van der Waals surface area contributed by atoms with Gasteiger partial charge in [0, 0.05) is 12.0 Å². The maximum atomic E-state index is 11.5. The summed E-state index contributed by atoms with van der Waals surface area (Å²) >= 11 is 0. The number of carbonyl (C=O) groups is 1. The Morgan fingerprint density at radius 2 is 2.10 bits per heavy atom. The third kappa shape index (κ3) is 5.11. The van der Waals surface area contributed by atoms with Gasteiger partial charge in [-0.25, -0.2) is 0 Å². The minimum absolute atomic E-state index is 0.0475. The first-order chi connectivity index (χ1) is 10.1. The molecule has 0 fully saturated rings. The van der Waals surface area contributed by atoms with E-state index in [1.807, 2.05) is 6.92 Å². The van der Waals surface area contributed by atoms with Gasteiger partial charge in [-0.1, -0.05) is 13.3 Å².